The molecular weight excluding hydrogens is 272 g/mol. The molecule has 0 aliphatic carbocycles. The average molecular weight is 296 g/mol. The summed E-state index contributed by atoms with van der Waals surface area (Å²) in [4.78, 5) is 0. The van der Waals surface area contributed by atoms with Gasteiger partial charge in [0.1, 0.15) is 11.5 Å². The summed E-state index contributed by atoms with van der Waals surface area (Å²) in [5.41, 5.74) is 4.67. The summed E-state index contributed by atoms with van der Waals surface area (Å²) in [7, 11) is 3.43. The van der Waals surface area contributed by atoms with Gasteiger partial charge in [0.05, 0.1) is 14.2 Å². The number of rotatable bonds is 6. The zero-order valence-corrected chi connectivity index (χ0v) is 13.8. The fourth-order valence-corrected chi connectivity index (χ4v) is 2.62. The van der Waals surface area contributed by atoms with Crippen molar-refractivity contribution in [3.05, 3.63) is 59.2 Å². The molecule has 0 atom stereocenters. The van der Waals surface area contributed by atoms with Gasteiger partial charge in [-0.25, -0.2) is 0 Å². The Morgan fingerprint density at radius 1 is 1.00 bits per heavy atom. The maximum atomic E-state index is 5.56. The molecule has 0 aliphatic heterocycles. The SMILES string of the molecule is CCCc1c(OC)cc(/C=C(\C)c2ccccc2)cc1OC. The molecule has 0 amide bonds. The number of methoxy groups -OCH3 is 2. The average Bonchev–Trinajstić information content (AvgIpc) is 2.56. The van der Waals surface area contributed by atoms with Gasteiger partial charge in [-0.05, 0) is 42.2 Å². The van der Waals surface area contributed by atoms with Gasteiger partial charge >= 0.3 is 0 Å². The van der Waals surface area contributed by atoms with Crippen LogP contribution < -0.4 is 9.47 Å². The van der Waals surface area contributed by atoms with Crippen LogP contribution in [0, 0.1) is 0 Å². The van der Waals surface area contributed by atoms with E-state index in [1.807, 2.05) is 6.07 Å². The monoisotopic (exact) mass is 296 g/mol. The van der Waals surface area contributed by atoms with Gasteiger partial charge in [-0.15, -0.1) is 0 Å². The quantitative estimate of drug-likeness (QED) is 0.681. The molecule has 2 nitrogen and oxygen atoms in total. The Balaban J connectivity index is 2.43. The lowest BCUT2D eigenvalue weighted by Crippen LogP contribution is -1.97. The van der Waals surface area contributed by atoms with Crippen LogP contribution in [0.1, 0.15) is 37.0 Å². The van der Waals surface area contributed by atoms with Crippen LogP contribution in [-0.4, -0.2) is 14.2 Å². The van der Waals surface area contributed by atoms with Crippen LogP contribution >= 0.6 is 0 Å². The van der Waals surface area contributed by atoms with Gasteiger partial charge in [0.25, 0.3) is 0 Å². The first-order valence-corrected chi connectivity index (χ1v) is 7.68. The lowest BCUT2D eigenvalue weighted by molar-refractivity contribution is 0.385. The maximum Gasteiger partial charge on any atom is 0.126 e. The first-order chi connectivity index (χ1) is 10.7. The minimum atomic E-state index is 0.897. The Bertz CT molecular complexity index is 617. The van der Waals surface area contributed by atoms with Gasteiger partial charge in [-0.2, -0.15) is 0 Å². The highest BCUT2D eigenvalue weighted by Crippen LogP contribution is 2.33. The number of ether oxygens (including phenoxy) is 2. The van der Waals surface area contributed by atoms with E-state index < -0.39 is 0 Å². The van der Waals surface area contributed by atoms with E-state index in [9.17, 15) is 0 Å². The van der Waals surface area contributed by atoms with Crippen LogP contribution in [0.2, 0.25) is 0 Å². The van der Waals surface area contributed by atoms with E-state index in [1.165, 1.54) is 11.1 Å². The molecule has 0 aromatic heterocycles. The molecule has 0 spiro atoms. The van der Waals surface area contributed by atoms with Crippen molar-refractivity contribution in [3.8, 4) is 11.5 Å². The number of hydrogen-bond acceptors (Lipinski definition) is 2. The van der Waals surface area contributed by atoms with E-state index >= 15 is 0 Å². The molecule has 2 aromatic rings. The molecule has 0 aliphatic rings. The molecule has 2 aromatic carbocycles. The van der Waals surface area contributed by atoms with E-state index in [0.717, 1.165) is 35.5 Å². The standard InChI is InChI=1S/C20H24O2/c1-5-9-18-19(21-3)13-16(14-20(18)22-4)12-15(2)17-10-7-6-8-11-17/h6-8,10-14H,5,9H2,1-4H3/b15-12+. The second kappa shape index (κ2) is 7.69. The molecule has 0 heterocycles. The van der Waals surface area contributed by atoms with Crippen molar-refractivity contribution < 1.29 is 9.47 Å². The van der Waals surface area contributed by atoms with Gasteiger partial charge in [0, 0.05) is 5.56 Å². The summed E-state index contributed by atoms with van der Waals surface area (Å²) >= 11 is 0. The molecule has 0 saturated carbocycles. The van der Waals surface area contributed by atoms with E-state index in [4.69, 9.17) is 9.47 Å². The first-order valence-electron chi connectivity index (χ1n) is 7.68. The van der Waals surface area contributed by atoms with E-state index in [-0.39, 0.29) is 0 Å². The summed E-state index contributed by atoms with van der Waals surface area (Å²) in [6.07, 6.45) is 4.18. The fraction of sp³-hybridized carbons (Fsp3) is 0.300. The van der Waals surface area contributed by atoms with Gasteiger partial charge in [-0.3, -0.25) is 0 Å². The molecule has 0 radical (unpaired) electrons. The fourth-order valence-electron chi connectivity index (χ4n) is 2.62. The molecule has 2 heteroatoms. The van der Waals surface area contributed by atoms with E-state index in [1.54, 1.807) is 14.2 Å². The predicted octanol–water partition coefficient (Wildman–Crippen LogP) is 5.22. The number of allylic oxidation sites excluding steroid dienone is 1. The van der Waals surface area contributed by atoms with E-state index in [2.05, 4.69) is 56.3 Å². The molecule has 0 fully saturated rings. The van der Waals surface area contributed by atoms with Gasteiger partial charge in [-0.1, -0.05) is 49.8 Å². The topological polar surface area (TPSA) is 18.5 Å². The molecular formula is C20H24O2. The van der Waals surface area contributed by atoms with Crippen molar-refractivity contribution >= 4 is 11.6 Å². The van der Waals surface area contributed by atoms with Gasteiger partial charge in [0.15, 0.2) is 0 Å². The minimum Gasteiger partial charge on any atom is -0.496 e. The smallest absolute Gasteiger partial charge is 0.126 e. The number of benzene rings is 2. The second-order valence-electron chi connectivity index (χ2n) is 5.35. The highest BCUT2D eigenvalue weighted by Gasteiger charge is 2.11. The van der Waals surface area contributed by atoms with Crippen LogP contribution in [0.4, 0.5) is 0 Å². The molecule has 0 N–H and O–H groups in total. The minimum absolute atomic E-state index is 0.897. The van der Waals surface area contributed by atoms with Crippen molar-refractivity contribution in [3.63, 3.8) is 0 Å². The molecule has 0 unspecified atom stereocenters. The van der Waals surface area contributed by atoms with Gasteiger partial charge in [0.2, 0.25) is 0 Å². The van der Waals surface area contributed by atoms with Crippen molar-refractivity contribution in [1.29, 1.82) is 0 Å². The normalized spacial score (nSPS) is 11.4. The van der Waals surface area contributed by atoms with Crippen molar-refractivity contribution in [2.45, 2.75) is 26.7 Å². The Kier molecular flexibility index (Phi) is 5.65. The zero-order valence-electron chi connectivity index (χ0n) is 13.8. The Labute approximate surface area is 133 Å². The summed E-state index contributed by atoms with van der Waals surface area (Å²) in [6, 6.07) is 14.5. The maximum absolute atomic E-state index is 5.56. The molecule has 0 bridgehead atoms. The lowest BCUT2D eigenvalue weighted by Gasteiger charge is -2.14. The molecule has 22 heavy (non-hydrogen) atoms. The zero-order chi connectivity index (χ0) is 15.9. The van der Waals surface area contributed by atoms with Crippen LogP contribution in [0.15, 0.2) is 42.5 Å². The Morgan fingerprint density at radius 3 is 2.09 bits per heavy atom. The highest BCUT2D eigenvalue weighted by atomic mass is 16.5. The van der Waals surface area contributed by atoms with Crippen molar-refractivity contribution in [2.75, 3.05) is 14.2 Å². The molecule has 0 saturated heterocycles. The molecule has 2 rings (SSSR count). The summed E-state index contributed by atoms with van der Waals surface area (Å²) in [6.45, 7) is 4.28. The van der Waals surface area contributed by atoms with Crippen LogP contribution in [0.25, 0.3) is 11.6 Å². The third kappa shape index (κ3) is 3.70. The van der Waals surface area contributed by atoms with Crippen molar-refractivity contribution in [1.82, 2.24) is 0 Å². The van der Waals surface area contributed by atoms with E-state index in [0.29, 0.717) is 0 Å². The highest BCUT2D eigenvalue weighted by molar-refractivity contribution is 5.81. The third-order valence-electron chi connectivity index (χ3n) is 3.74. The largest absolute Gasteiger partial charge is 0.496 e. The van der Waals surface area contributed by atoms with Gasteiger partial charge < -0.3 is 9.47 Å². The number of hydrogen-bond donors (Lipinski definition) is 0. The Morgan fingerprint density at radius 2 is 1.59 bits per heavy atom. The summed E-state index contributed by atoms with van der Waals surface area (Å²) < 4.78 is 11.1. The predicted molar refractivity (Wildman–Crippen MR) is 93.5 cm³/mol. The second-order valence-corrected chi connectivity index (χ2v) is 5.35. The lowest BCUT2D eigenvalue weighted by atomic mass is 10.0. The summed E-state index contributed by atoms with van der Waals surface area (Å²) in [5, 5.41) is 0. The van der Waals surface area contributed by atoms with Crippen LogP contribution in [0.5, 0.6) is 11.5 Å². The Hall–Kier alpha value is -2.22. The van der Waals surface area contributed by atoms with Crippen LogP contribution in [0.3, 0.4) is 0 Å². The first kappa shape index (κ1) is 16.2. The third-order valence-corrected chi connectivity index (χ3v) is 3.74. The van der Waals surface area contributed by atoms with Crippen LogP contribution in [-0.2, 0) is 6.42 Å². The summed E-state index contributed by atoms with van der Waals surface area (Å²) in [5.74, 6) is 1.79. The van der Waals surface area contributed by atoms with Crippen molar-refractivity contribution in [2.24, 2.45) is 0 Å². The molecule has 116 valence electrons.